The van der Waals surface area contributed by atoms with Crippen molar-refractivity contribution in [1.82, 2.24) is 0 Å². The van der Waals surface area contributed by atoms with E-state index < -0.39 is 23.5 Å². The number of aliphatic hydroxyl groups is 1. The third-order valence-electron chi connectivity index (χ3n) is 5.46. The molecule has 1 atom stereocenters. The molecule has 33 heavy (non-hydrogen) atoms. The van der Waals surface area contributed by atoms with Crippen LogP contribution >= 0.6 is 0 Å². The van der Waals surface area contributed by atoms with E-state index in [2.05, 4.69) is 0 Å². The van der Waals surface area contributed by atoms with Crippen LogP contribution in [-0.2, 0) is 9.59 Å². The Hall–Kier alpha value is -4.32. The first-order valence-corrected chi connectivity index (χ1v) is 10.4. The molecule has 1 amide bonds. The molecule has 6 nitrogen and oxygen atoms in total. The second kappa shape index (κ2) is 9.44. The van der Waals surface area contributed by atoms with Crippen LogP contribution in [0, 0.1) is 0 Å². The fourth-order valence-electron chi connectivity index (χ4n) is 3.88. The van der Waals surface area contributed by atoms with Gasteiger partial charge in [0.25, 0.3) is 5.91 Å². The highest BCUT2D eigenvalue weighted by Gasteiger charge is 2.44. The highest BCUT2D eigenvalue weighted by molar-refractivity contribution is 6.19. The molecule has 1 N–H and O–H groups in total. The molecule has 0 saturated heterocycles. The number of allylic oxidation sites excluding steroid dienone is 1. The summed E-state index contributed by atoms with van der Waals surface area (Å²) < 4.78 is 10.8. The number of nitrogens with zero attached hydrogens (tertiary/aromatic N) is 1. The average molecular weight is 441 g/mol. The van der Waals surface area contributed by atoms with Crippen LogP contribution in [0.4, 0.5) is 5.69 Å². The molecule has 1 aliphatic rings. The summed E-state index contributed by atoms with van der Waals surface area (Å²) in [5, 5.41) is 10.8. The number of hydrogen-bond acceptors (Lipinski definition) is 5. The quantitative estimate of drug-likeness (QED) is 0.529. The second-order valence-electron chi connectivity index (χ2n) is 7.40. The fraction of sp³-hybridized carbons (Fsp3) is 0.111. The van der Waals surface area contributed by atoms with Crippen LogP contribution in [0.1, 0.15) is 17.2 Å². The summed E-state index contributed by atoms with van der Waals surface area (Å²) in [7, 11) is 3.04. The van der Waals surface area contributed by atoms with E-state index in [-0.39, 0.29) is 5.57 Å². The van der Waals surface area contributed by atoms with Crippen molar-refractivity contribution in [3.63, 3.8) is 0 Å². The van der Waals surface area contributed by atoms with Gasteiger partial charge in [-0.3, -0.25) is 14.5 Å². The minimum absolute atomic E-state index is 0.00301. The molecular weight excluding hydrogens is 418 g/mol. The van der Waals surface area contributed by atoms with Crippen molar-refractivity contribution >= 4 is 23.5 Å². The third-order valence-corrected chi connectivity index (χ3v) is 5.46. The Labute approximate surface area is 192 Å². The summed E-state index contributed by atoms with van der Waals surface area (Å²) in [5.41, 5.74) is 2.00. The molecule has 0 spiro atoms. The van der Waals surface area contributed by atoms with Gasteiger partial charge in [0.05, 0.1) is 25.8 Å². The van der Waals surface area contributed by atoms with E-state index in [0.29, 0.717) is 22.7 Å². The molecule has 0 bridgehead atoms. The Morgan fingerprint density at radius 1 is 0.909 bits per heavy atom. The molecule has 1 aliphatic heterocycles. The van der Waals surface area contributed by atoms with Crippen LogP contribution in [0.3, 0.4) is 0 Å². The second-order valence-corrected chi connectivity index (χ2v) is 7.40. The number of para-hydroxylation sites is 1. The lowest BCUT2D eigenvalue weighted by Gasteiger charge is -2.27. The van der Waals surface area contributed by atoms with E-state index in [9.17, 15) is 14.7 Å². The van der Waals surface area contributed by atoms with E-state index in [1.54, 1.807) is 48.5 Å². The lowest BCUT2D eigenvalue weighted by Crippen LogP contribution is -2.30. The molecule has 4 rings (SSSR count). The lowest BCUT2D eigenvalue weighted by molar-refractivity contribution is -0.117. The van der Waals surface area contributed by atoms with E-state index in [4.69, 9.17) is 9.47 Å². The minimum Gasteiger partial charge on any atom is -0.503 e. The van der Waals surface area contributed by atoms with Crippen molar-refractivity contribution < 1.29 is 24.2 Å². The zero-order valence-corrected chi connectivity index (χ0v) is 18.3. The van der Waals surface area contributed by atoms with Crippen LogP contribution < -0.4 is 14.4 Å². The van der Waals surface area contributed by atoms with Crippen molar-refractivity contribution in [3.05, 3.63) is 107 Å². The number of benzene rings is 3. The molecule has 3 aromatic carbocycles. The van der Waals surface area contributed by atoms with Crippen LogP contribution in [0.2, 0.25) is 0 Å². The fourth-order valence-corrected chi connectivity index (χ4v) is 3.88. The number of carbonyl (C=O) groups is 2. The van der Waals surface area contributed by atoms with Crippen molar-refractivity contribution in [1.29, 1.82) is 0 Å². The maximum atomic E-state index is 13.3. The maximum Gasteiger partial charge on any atom is 0.294 e. The number of anilines is 1. The molecule has 166 valence electrons. The Balaban J connectivity index is 1.82. The number of ketones is 1. The van der Waals surface area contributed by atoms with Crippen molar-refractivity contribution in [3.8, 4) is 11.5 Å². The number of aliphatic hydroxyl groups excluding tert-OH is 1. The van der Waals surface area contributed by atoms with E-state index in [0.717, 1.165) is 5.56 Å². The molecule has 0 fully saturated rings. The topological polar surface area (TPSA) is 76.1 Å². The predicted octanol–water partition coefficient (Wildman–Crippen LogP) is 4.89. The molecular formula is C27H23NO5. The van der Waals surface area contributed by atoms with Crippen molar-refractivity contribution in [2.75, 3.05) is 19.1 Å². The summed E-state index contributed by atoms with van der Waals surface area (Å²) in [5.74, 6) is -0.697. The molecule has 3 aromatic rings. The number of rotatable bonds is 7. The van der Waals surface area contributed by atoms with Gasteiger partial charge in [0.15, 0.2) is 23.0 Å². The van der Waals surface area contributed by atoms with Crippen LogP contribution in [-0.4, -0.2) is 31.0 Å². The first kappa shape index (κ1) is 21.9. The number of amides is 1. The average Bonchev–Trinajstić information content (AvgIpc) is 3.13. The maximum absolute atomic E-state index is 13.3. The number of carbonyl (C=O) groups excluding carboxylic acids is 2. The first-order chi connectivity index (χ1) is 16.0. The van der Waals surface area contributed by atoms with Gasteiger partial charge in [0.1, 0.15) is 0 Å². The zero-order valence-electron chi connectivity index (χ0n) is 18.3. The van der Waals surface area contributed by atoms with Crippen LogP contribution in [0.5, 0.6) is 11.5 Å². The van der Waals surface area contributed by atoms with Gasteiger partial charge < -0.3 is 14.6 Å². The van der Waals surface area contributed by atoms with Gasteiger partial charge in [0, 0.05) is 5.69 Å². The smallest absolute Gasteiger partial charge is 0.294 e. The molecule has 0 unspecified atom stereocenters. The summed E-state index contributed by atoms with van der Waals surface area (Å²) in [6, 6.07) is 22.6. The standard InChI is InChI=1S/C27H23NO5/c1-32-22-16-14-19(17-23(22)33-2)25-24(21(29)15-13-18-9-5-3-6-10-18)26(30)27(31)28(25)20-11-7-4-8-12-20/h3-17,25,30H,1-2H3/b15-13+/t25-/m0/s1. The lowest BCUT2D eigenvalue weighted by atomic mass is 9.95. The Bertz CT molecular complexity index is 1230. The van der Waals surface area contributed by atoms with Crippen LogP contribution in [0.15, 0.2) is 96.3 Å². The molecule has 0 radical (unpaired) electrons. The van der Waals surface area contributed by atoms with Crippen LogP contribution in [0.25, 0.3) is 6.08 Å². The molecule has 0 saturated carbocycles. The molecule has 1 heterocycles. The van der Waals surface area contributed by atoms with Gasteiger partial charge in [-0.25, -0.2) is 0 Å². The van der Waals surface area contributed by atoms with E-state index >= 15 is 0 Å². The Morgan fingerprint density at radius 2 is 1.55 bits per heavy atom. The Kier molecular flexibility index (Phi) is 6.26. The van der Waals surface area contributed by atoms with E-state index in [1.807, 2.05) is 36.4 Å². The predicted molar refractivity (Wildman–Crippen MR) is 126 cm³/mol. The molecule has 0 aromatic heterocycles. The molecule has 6 heteroatoms. The van der Waals surface area contributed by atoms with E-state index in [1.165, 1.54) is 25.2 Å². The van der Waals surface area contributed by atoms with Gasteiger partial charge in [-0.2, -0.15) is 0 Å². The van der Waals surface area contributed by atoms with Gasteiger partial charge in [0.2, 0.25) is 0 Å². The normalized spacial score (nSPS) is 15.9. The monoisotopic (exact) mass is 441 g/mol. The van der Waals surface area contributed by atoms with Gasteiger partial charge >= 0.3 is 0 Å². The molecule has 0 aliphatic carbocycles. The third kappa shape index (κ3) is 4.23. The Morgan fingerprint density at radius 3 is 2.18 bits per heavy atom. The summed E-state index contributed by atoms with van der Waals surface area (Å²) >= 11 is 0. The highest BCUT2D eigenvalue weighted by atomic mass is 16.5. The van der Waals surface area contributed by atoms with Crippen molar-refractivity contribution in [2.24, 2.45) is 0 Å². The SMILES string of the molecule is COc1ccc([C@H]2C(C(=O)/C=C/c3ccccc3)=C(O)C(=O)N2c2ccccc2)cc1OC. The van der Waals surface area contributed by atoms with Gasteiger partial charge in [-0.15, -0.1) is 0 Å². The summed E-state index contributed by atoms with van der Waals surface area (Å²) in [4.78, 5) is 27.8. The number of methoxy groups -OCH3 is 2. The largest absolute Gasteiger partial charge is 0.503 e. The first-order valence-electron chi connectivity index (χ1n) is 10.4. The van der Waals surface area contributed by atoms with Crippen molar-refractivity contribution in [2.45, 2.75) is 6.04 Å². The number of ether oxygens (including phenoxy) is 2. The van der Waals surface area contributed by atoms with Gasteiger partial charge in [-0.1, -0.05) is 60.7 Å². The number of hydrogen-bond donors (Lipinski definition) is 1. The summed E-state index contributed by atoms with van der Waals surface area (Å²) in [6.07, 6.45) is 3.03. The highest BCUT2D eigenvalue weighted by Crippen LogP contribution is 2.43. The van der Waals surface area contributed by atoms with Gasteiger partial charge in [-0.05, 0) is 41.5 Å². The zero-order chi connectivity index (χ0) is 23.4. The summed E-state index contributed by atoms with van der Waals surface area (Å²) in [6.45, 7) is 0. The minimum atomic E-state index is -0.840.